The molecule has 0 unspecified atom stereocenters. The number of hydrogen-bond acceptors (Lipinski definition) is 0. The molecule has 260 valence electrons. The van der Waals surface area contributed by atoms with Crippen LogP contribution in [0.3, 0.4) is 0 Å². The molecule has 0 saturated heterocycles. The van der Waals surface area contributed by atoms with Crippen molar-refractivity contribution >= 4 is 106 Å². The third kappa shape index (κ3) is 6.99. The third-order valence-corrected chi connectivity index (χ3v) is 9.39. The Balaban J connectivity index is 0.000000207. The predicted molar refractivity (Wildman–Crippen MR) is 236 cm³/mol. The Bertz CT molecular complexity index is 2470. The van der Waals surface area contributed by atoms with Crippen molar-refractivity contribution in [1.82, 2.24) is 9.13 Å². The number of benzene rings is 6. The molecule has 0 N–H and O–H groups in total. The first kappa shape index (κ1) is 41.0. The molecule has 10 aromatic rings. The predicted octanol–water partition coefficient (Wildman–Crippen LogP) is 13.6. The molecule has 0 fully saturated rings. The number of aromatic nitrogens is 2. The van der Waals surface area contributed by atoms with E-state index in [2.05, 4.69) is 188 Å². The fourth-order valence-corrected chi connectivity index (χ4v) is 7.49. The van der Waals surface area contributed by atoms with E-state index in [1.807, 2.05) is 0 Å². The Morgan fingerprint density at radius 3 is 1.00 bits per heavy atom. The van der Waals surface area contributed by atoms with Crippen LogP contribution in [0.15, 0.2) is 158 Å². The Hall–Kier alpha value is -3.80. The van der Waals surface area contributed by atoms with Crippen LogP contribution in [0.25, 0.3) is 76.5 Å². The van der Waals surface area contributed by atoms with Gasteiger partial charge in [-0.05, 0) is 24.3 Å². The van der Waals surface area contributed by atoms with Crippen LogP contribution < -0.4 is 0 Å². The Labute approximate surface area is 344 Å². The van der Waals surface area contributed by atoms with E-state index in [9.17, 15) is 0 Å². The second-order valence-corrected chi connectivity index (χ2v) is 12.4. The fourth-order valence-electron chi connectivity index (χ4n) is 7.49. The average Bonchev–Trinajstić information content (AvgIpc) is 3.88. The number of aryl methyl sites for hydroxylation is 2. The quantitative estimate of drug-likeness (QED) is 0.121. The number of fused-ring (bicyclic) bond motifs is 8. The zero-order chi connectivity index (χ0) is 32.8. The number of para-hydroxylation sites is 4. The van der Waals surface area contributed by atoms with E-state index in [0.717, 1.165) is 0 Å². The number of hydrogen-bond donors (Lipinski definition) is 0. The molecular weight excluding hydrogens is 860 g/mol. The summed E-state index contributed by atoms with van der Waals surface area (Å²) in [6.07, 6.45) is 0. The summed E-state index contributed by atoms with van der Waals surface area (Å²) in [5, 5.41) is 10.5. The van der Waals surface area contributed by atoms with Crippen molar-refractivity contribution < 1.29 is 23.3 Å². The molecular formula is C46H40Br2N2SiZr-4. The van der Waals surface area contributed by atoms with Crippen LogP contribution >= 0.6 is 34.0 Å². The molecule has 8 aromatic carbocycles. The molecule has 10 rings (SSSR count). The maximum atomic E-state index is 3.06. The van der Waals surface area contributed by atoms with Crippen LogP contribution in [0.5, 0.6) is 0 Å². The number of halogens is 2. The first-order valence-corrected chi connectivity index (χ1v) is 20.4. The van der Waals surface area contributed by atoms with Crippen LogP contribution in [0.2, 0.25) is 0 Å². The zero-order valence-corrected chi connectivity index (χ0v) is 36.6. The van der Waals surface area contributed by atoms with Gasteiger partial charge in [0.15, 0.2) is 0 Å². The summed E-state index contributed by atoms with van der Waals surface area (Å²) in [5.74, 6) is 0. The fraction of sp³-hybridized carbons (Fsp3) is 0.0435. The third-order valence-electron chi connectivity index (χ3n) is 9.39. The minimum absolute atomic E-state index is 0. The van der Waals surface area contributed by atoms with Gasteiger partial charge in [-0.15, -0.1) is 103 Å². The van der Waals surface area contributed by atoms with Gasteiger partial charge in [-0.25, -0.2) is 0 Å². The molecule has 52 heavy (non-hydrogen) atoms. The maximum absolute atomic E-state index is 3.06. The van der Waals surface area contributed by atoms with Gasteiger partial charge in [0.25, 0.3) is 0 Å². The van der Waals surface area contributed by atoms with Crippen LogP contribution in [-0.2, 0) is 23.3 Å². The Morgan fingerprint density at radius 2 is 0.692 bits per heavy atom. The number of nitrogens with zero attached hydrogens (tertiary/aromatic N) is 2. The van der Waals surface area contributed by atoms with E-state index in [1.54, 1.807) is 0 Å². The van der Waals surface area contributed by atoms with Gasteiger partial charge >= 0.3 is 30.2 Å². The van der Waals surface area contributed by atoms with Crippen molar-refractivity contribution in [1.29, 1.82) is 0 Å². The van der Waals surface area contributed by atoms with Gasteiger partial charge in [0, 0.05) is 32.9 Å². The van der Waals surface area contributed by atoms with Gasteiger partial charge < -0.3 is 24.0 Å². The van der Waals surface area contributed by atoms with Crippen LogP contribution in [-0.4, -0.2) is 16.0 Å². The van der Waals surface area contributed by atoms with Crippen molar-refractivity contribution in [2.24, 2.45) is 0 Å². The Morgan fingerprint density at radius 1 is 0.404 bits per heavy atom. The van der Waals surface area contributed by atoms with E-state index in [-0.39, 0.29) is 48.8 Å². The summed E-state index contributed by atoms with van der Waals surface area (Å²) in [5.41, 5.74) is 10.2. The molecule has 2 heterocycles. The molecule has 0 amide bonds. The van der Waals surface area contributed by atoms with Crippen LogP contribution in [0.1, 0.15) is 11.1 Å². The van der Waals surface area contributed by atoms with Crippen molar-refractivity contribution in [3.63, 3.8) is 0 Å². The topological polar surface area (TPSA) is 9.86 Å². The average molecular weight is 900 g/mol. The normalized spacial score (nSPS) is 10.4. The van der Waals surface area contributed by atoms with Gasteiger partial charge in [0.2, 0.25) is 0 Å². The molecule has 6 heteroatoms. The summed E-state index contributed by atoms with van der Waals surface area (Å²) in [6.45, 7) is 7.39. The van der Waals surface area contributed by atoms with Gasteiger partial charge in [0.1, 0.15) is 0 Å². The first-order valence-electron chi connectivity index (χ1n) is 16.2. The van der Waals surface area contributed by atoms with E-state index < -0.39 is 0 Å². The molecule has 0 aliphatic rings. The van der Waals surface area contributed by atoms with Crippen LogP contribution in [0.4, 0.5) is 0 Å². The molecule has 2 aromatic heterocycles. The molecule has 0 aliphatic carbocycles. The van der Waals surface area contributed by atoms with E-state index in [0.29, 0.717) is 0 Å². The second-order valence-electron chi connectivity index (χ2n) is 12.4. The molecule has 0 aliphatic heterocycles. The summed E-state index contributed by atoms with van der Waals surface area (Å²) < 4.78 is 4.79. The SMILES string of the molecule is Br.Br.Cc1cc2c(-n3c4ccccc4c4ccccc43)cccc2[cH-]1.Cc1cc2c(-n3c4ccccc4c4ccccc43)cccc2[cH-]1.[CH3-].[CH3-].[Si]=[Zr]. The minimum atomic E-state index is 0. The van der Waals surface area contributed by atoms with Crippen molar-refractivity contribution in [2.45, 2.75) is 13.8 Å². The van der Waals surface area contributed by atoms with Gasteiger partial charge in [0.05, 0.1) is 22.1 Å². The monoisotopic (exact) mass is 896 g/mol. The number of rotatable bonds is 2. The Kier molecular flexibility index (Phi) is 13.7. The van der Waals surface area contributed by atoms with Crippen molar-refractivity contribution in [2.75, 3.05) is 0 Å². The summed E-state index contributed by atoms with van der Waals surface area (Å²) in [4.78, 5) is 0. The van der Waals surface area contributed by atoms with Crippen molar-refractivity contribution in [3.05, 3.63) is 184 Å². The van der Waals surface area contributed by atoms with Crippen molar-refractivity contribution in [3.8, 4) is 11.4 Å². The van der Waals surface area contributed by atoms with E-state index in [1.165, 1.54) is 111 Å². The summed E-state index contributed by atoms with van der Waals surface area (Å²) in [6, 6.07) is 56.9. The second kappa shape index (κ2) is 17.4. The van der Waals surface area contributed by atoms with Crippen LogP contribution in [0, 0.1) is 28.7 Å². The van der Waals surface area contributed by atoms with Gasteiger partial charge in [-0.3, -0.25) is 0 Å². The van der Waals surface area contributed by atoms with Gasteiger partial charge in [-0.1, -0.05) is 98.8 Å². The van der Waals surface area contributed by atoms with E-state index >= 15 is 0 Å². The molecule has 0 bridgehead atoms. The molecule has 2 nitrogen and oxygen atoms in total. The summed E-state index contributed by atoms with van der Waals surface area (Å²) >= 11 is 1.36. The molecule has 0 saturated carbocycles. The standard InChI is InChI=1S/2C22H16N.2CH3.2BrH.Si.Zr/c2*1-15-13-16-7-6-12-22(19(16)14-15)23-20-10-4-2-8-17(20)18-9-3-5-11-21(18)23;;;;;;/h2*2-14H,1H3;2*1H3;2*1H;;/q4*-1;;;;. The zero-order valence-electron chi connectivity index (χ0n) is 29.7. The van der Waals surface area contributed by atoms with E-state index in [4.69, 9.17) is 0 Å². The summed E-state index contributed by atoms with van der Waals surface area (Å²) in [7, 11) is 0. The molecule has 0 atom stereocenters. The molecule has 0 spiro atoms. The van der Waals surface area contributed by atoms with Gasteiger partial charge in [-0.2, -0.15) is 12.1 Å². The first-order chi connectivity index (χ1) is 23.7. The molecule has 2 radical (unpaired) electrons.